The van der Waals surface area contributed by atoms with Gasteiger partial charge >= 0.3 is 6.09 Å². The van der Waals surface area contributed by atoms with Crippen LogP contribution in [0.15, 0.2) is 53.4 Å². The molecule has 0 aliphatic carbocycles. The molecule has 228 valence electrons. The molecule has 1 aliphatic rings. The van der Waals surface area contributed by atoms with Gasteiger partial charge in [0.2, 0.25) is 16.8 Å². The second-order valence-corrected chi connectivity index (χ2v) is 14.1. The molecule has 0 fully saturated rings. The van der Waals surface area contributed by atoms with Crippen LogP contribution < -0.4 is 14.8 Å². The van der Waals surface area contributed by atoms with Gasteiger partial charge in [-0.05, 0) is 63.1 Å². The molecule has 1 heterocycles. The van der Waals surface area contributed by atoms with Crippen LogP contribution in [0.4, 0.5) is 4.79 Å². The van der Waals surface area contributed by atoms with Crippen molar-refractivity contribution in [1.29, 1.82) is 0 Å². The summed E-state index contributed by atoms with van der Waals surface area (Å²) in [5.74, 6) is 0.798. The Bertz CT molecular complexity index is 1240. The van der Waals surface area contributed by atoms with Crippen molar-refractivity contribution < 1.29 is 37.6 Å². The van der Waals surface area contributed by atoms with Crippen LogP contribution in [-0.2, 0) is 21.2 Å². The largest absolute Gasteiger partial charge is 0.454 e. The molecule has 0 spiro atoms. The molecule has 1 aliphatic heterocycles. The average Bonchev–Trinajstić information content (AvgIpc) is 3.35. The van der Waals surface area contributed by atoms with E-state index >= 15 is 0 Å². The Labute approximate surface area is 243 Å². The highest BCUT2D eigenvalue weighted by Crippen LogP contribution is 2.36. The standard InChI is InChI=1S/C30H44N2O8S/c1-29(2,3)40-28(35)31-24(17-22-11-7-6-8-12-22)25(34)19-32(20-30(4,5)15-9-10-16-33)41(36,37)23-13-14-26-27(18-23)39-21-38-26/h6-8,11-14,18,24-25,33-34H,9-10,15-17,19-21H2,1-5H3,(H,31,35)/t24-,25?/m0/s1. The second-order valence-electron chi connectivity index (χ2n) is 12.2. The van der Waals surface area contributed by atoms with Gasteiger partial charge in [0.15, 0.2) is 11.5 Å². The molecule has 1 unspecified atom stereocenters. The summed E-state index contributed by atoms with van der Waals surface area (Å²) in [6.45, 7) is 9.06. The molecule has 2 aromatic carbocycles. The number of amides is 1. The van der Waals surface area contributed by atoms with Crippen molar-refractivity contribution in [2.24, 2.45) is 5.41 Å². The molecule has 3 rings (SSSR count). The van der Waals surface area contributed by atoms with E-state index in [2.05, 4.69) is 5.32 Å². The van der Waals surface area contributed by atoms with E-state index in [9.17, 15) is 23.4 Å². The number of benzene rings is 2. The molecular formula is C30H44N2O8S. The number of carbonyl (C=O) groups excluding carboxylic acids is 1. The quantitative estimate of drug-likeness (QED) is 0.279. The minimum absolute atomic E-state index is 0.0106. The Morgan fingerprint density at radius 2 is 1.73 bits per heavy atom. The predicted molar refractivity (Wildman–Crippen MR) is 155 cm³/mol. The molecule has 0 aromatic heterocycles. The van der Waals surface area contributed by atoms with Gasteiger partial charge in [-0.2, -0.15) is 4.31 Å². The lowest BCUT2D eigenvalue weighted by atomic mass is 9.87. The highest BCUT2D eigenvalue weighted by molar-refractivity contribution is 7.89. The number of nitrogens with zero attached hydrogens (tertiary/aromatic N) is 1. The van der Waals surface area contributed by atoms with Crippen molar-refractivity contribution in [3.8, 4) is 11.5 Å². The number of unbranched alkanes of at least 4 members (excludes halogenated alkanes) is 1. The van der Waals surface area contributed by atoms with Crippen LogP contribution >= 0.6 is 0 Å². The van der Waals surface area contributed by atoms with Gasteiger partial charge in [-0.15, -0.1) is 0 Å². The van der Waals surface area contributed by atoms with Crippen molar-refractivity contribution in [2.45, 2.75) is 82.9 Å². The summed E-state index contributed by atoms with van der Waals surface area (Å²) >= 11 is 0. The van der Waals surface area contributed by atoms with E-state index in [4.69, 9.17) is 14.2 Å². The molecule has 0 saturated carbocycles. The maximum absolute atomic E-state index is 14.0. The van der Waals surface area contributed by atoms with Gasteiger partial charge in [0.1, 0.15) is 5.60 Å². The molecule has 2 aromatic rings. The maximum Gasteiger partial charge on any atom is 0.407 e. The number of nitrogens with one attached hydrogen (secondary N) is 1. The Hall–Kier alpha value is -2.86. The smallest absolute Gasteiger partial charge is 0.407 e. The molecule has 0 saturated heterocycles. The molecule has 2 atom stereocenters. The Morgan fingerprint density at radius 3 is 2.39 bits per heavy atom. The molecule has 41 heavy (non-hydrogen) atoms. The predicted octanol–water partition coefficient (Wildman–Crippen LogP) is 4.09. The fourth-order valence-electron chi connectivity index (χ4n) is 4.65. The lowest BCUT2D eigenvalue weighted by molar-refractivity contribution is 0.0391. The van der Waals surface area contributed by atoms with Crippen molar-refractivity contribution in [3.05, 3.63) is 54.1 Å². The topological polar surface area (TPSA) is 135 Å². The number of hydrogen-bond donors (Lipinski definition) is 3. The van der Waals surface area contributed by atoms with Crippen molar-refractivity contribution in [2.75, 3.05) is 26.5 Å². The summed E-state index contributed by atoms with van der Waals surface area (Å²) < 4.78 is 45.5. The summed E-state index contributed by atoms with van der Waals surface area (Å²) in [5, 5.41) is 23.5. The molecule has 11 heteroatoms. The Balaban J connectivity index is 1.92. The summed E-state index contributed by atoms with van der Waals surface area (Å²) in [6, 6.07) is 12.9. The van der Waals surface area contributed by atoms with Crippen LogP contribution in [0.5, 0.6) is 11.5 Å². The number of ether oxygens (including phenoxy) is 3. The SMILES string of the molecule is CC(C)(CCCCO)CN(CC(O)[C@H](Cc1ccccc1)NC(=O)OC(C)(C)C)S(=O)(=O)c1ccc2c(c1)OCO2. The van der Waals surface area contributed by atoms with Crippen LogP contribution in [0.2, 0.25) is 0 Å². The van der Waals surface area contributed by atoms with E-state index in [1.807, 2.05) is 44.2 Å². The zero-order valence-electron chi connectivity index (χ0n) is 24.6. The van der Waals surface area contributed by atoms with E-state index < -0.39 is 39.3 Å². The van der Waals surface area contributed by atoms with Crippen LogP contribution in [0.3, 0.4) is 0 Å². The number of aliphatic hydroxyl groups excluding tert-OH is 2. The fourth-order valence-corrected chi connectivity index (χ4v) is 6.31. The lowest BCUT2D eigenvalue weighted by Gasteiger charge is -2.35. The minimum atomic E-state index is -4.10. The monoisotopic (exact) mass is 592 g/mol. The first-order chi connectivity index (χ1) is 19.2. The first-order valence-electron chi connectivity index (χ1n) is 13.9. The number of carbonyl (C=O) groups is 1. The van der Waals surface area contributed by atoms with Crippen molar-refractivity contribution >= 4 is 16.1 Å². The van der Waals surface area contributed by atoms with E-state index in [0.29, 0.717) is 24.3 Å². The Morgan fingerprint density at radius 1 is 1.05 bits per heavy atom. The summed E-state index contributed by atoms with van der Waals surface area (Å²) in [4.78, 5) is 12.7. The summed E-state index contributed by atoms with van der Waals surface area (Å²) in [7, 11) is -4.10. The summed E-state index contributed by atoms with van der Waals surface area (Å²) in [6.07, 6.45) is 0.298. The van der Waals surface area contributed by atoms with Gasteiger partial charge in [0, 0.05) is 25.8 Å². The van der Waals surface area contributed by atoms with Crippen LogP contribution in [0, 0.1) is 5.41 Å². The highest BCUT2D eigenvalue weighted by atomic mass is 32.2. The normalized spacial score (nSPS) is 15.0. The fraction of sp³-hybridized carbons (Fsp3) is 0.567. The van der Waals surface area contributed by atoms with E-state index in [1.165, 1.54) is 16.4 Å². The zero-order valence-corrected chi connectivity index (χ0v) is 25.4. The maximum atomic E-state index is 14.0. The lowest BCUT2D eigenvalue weighted by Crippen LogP contribution is -2.52. The third-order valence-corrected chi connectivity index (χ3v) is 8.51. The van der Waals surface area contributed by atoms with Crippen molar-refractivity contribution in [1.82, 2.24) is 9.62 Å². The van der Waals surface area contributed by atoms with E-state index in [-0.39, 0.29) is 37.8 Å². The average molecular weight is 593 g/mol. The second kappa shape index (κ2) is 13.9. The highest BCUT2D eigenvalue weighted by Gasteiger charge is 2.35. The molecule has 0 radical (unpaired) electrons. The van der Waals surface area contributed by atoms with E-state index in [0.717, 1.165) is 12.0 Å². The van der Waals surface area contributed by atoms with Crippen LogP contribution in [0.1, 0.15) is 59.4 Å². The van der Waals surface area contributed by atoms with Gasteiger partial charge in [0.25, 0.3) is 0 Å². The summed E-state index contributed by atoms with van der Waals surface area (Å²) in [5.41, 5.74) is -0.354. The minimum Gasteiger partial charge on any atom is -0.454 e. The van der Waals surface area contributed by atoms with Gasteiger partial charge in [-0.1, -0.05) is 50.6 Å². The molecule has 0 bridgehead atoms. The number of fused-ring (bicyclic) bond motifs is 1. The van der Waals surface area contributed by atoms with Gasteiger partial charge in [-0.25, -0.2) is 13.2 Å². The first-order valence-corrected chi connectivity index (χ1v) is 15.4. The van der Waals surface area contributed by atoms with Crippen LogP contribution in [-0.4, -0.2) is 73.3 Å². The van der Waals surface area contributed by atoms with Gasteiger partial charge < -0.3 is 29.7 Å². The Kier molecular flexibility index (Phi) is 11.0. The number of rotatable bonds is 14. The third kappa shape index (κ3) is 9.88. The van der Waals surface area contributed by atoms with Gasteiger partial charge in [0.05, 0.1) is 17.0 Å². The first kappa shape index (κ1) is 32.7. The molecular weight excluding hydrogens is 548 g/mol. The number of alkyl carbamates (subject to hydrolysis) is 1. The molecule has 10 nitrogen and oxygen atoms in total. The number of aliphatic hydroxyl groups is 2. The number of sulfonamides is 1. The molecule has 3 N–H and O–H groups in total. The zero-order chi connectivity index (χ0) is 30.3. The van der Waals surface area contributed by atoms with Crippen LogP contribution in [0.25, 0.3) is 0 Å². The third-order valence-electron chi connectivity index (χ3n) is 6.70. The molecule has 1 amide bonds. The van der Waals surface area contributed by atoms with E-state index in [1.54, 1.807) is 26.8 Å². The number of hydrogen-bond acceptors (Lipinski definition) is 8. The van der Waals surface area contributed by atoms with Gasteiger partial charge in [-0.3, -0.25) is 0 Å². The van der Waals surface area contributed by atoms with Crippen molar-refractivity contribution in [3.63, 3.8) is 0 Å².